The molecule has 0 heterocycles. The lowest BCUT2D eigenvalue weighted by atomic mass is 10.0. The van der Waals surface area contributed by atoms with Crippen molar-refractivity contribution < 1.29 is 4.74 Å². The van der Waals surface area contributed by atoms with E-state index in [0.29, 0.717) is 19.1 Å². The molecule has 0 spiro atoms. The smallest absolute Gasteiger partial charge is 0.0588 e. The van der Waals surface area contributed by atoms with Gasteiger partial charge in [-0.2, -0.15) is 0 Å². The highest BCUT2D eigenvalue weighted by Crippen LogP contribution is 2.06. The van der Waals surface area contributed by atoms with Crippen molar-refractivity contribution in [1.29, 1.82) is 0 Å². The van der Waals surface area contributed by atoms with Crippen molar-refractivity contribution >= 4 is 0 Å². The van der Waals surface area contributed by atoms with E-state index in [1.807, 2.05) is 0 Å². The third kappa shape index (κ3) is 6.28. The first kappa shape index (κ1) is 10.9. The molecule has 11 heavy (non-hydrogen) atoms. The molecule has 0 saturated carbocycles. The quantitative estimate of drug-likeness (QED) is 0.528. The standard InChI is InChI=1S/C8H20N2O/c1-2-8(3-4-9)7-11-6-5-10/h8H,2-7,9-10H2,1H3. The average molecular weight is 160 g/mol. The van der Waals surface area contributed by atoms with Crippen LogP contribution in [0.15, 0.2) is 0 Å². The molecule has 0 aliphatic carbocycles. The van der Waals surface area contributed by atoms with Crippen molar-refractivity contribution in [2.75, 3.05) is 26.3 Å². The highest BCUT2D eigenvalue weighted by molar-refractivity contribution is 4.56. The molecule has 0 aromatic heterocycles. The normalized spacial score (nSPS) is 13.4. The van der Waals surface area contributed by atoms with E-state index in [9.17, 15) is 0 Å². The maximum atomic E-state index is 5.43. The molecule has 3 heteroatoms. The molecular weight excluding hydrogens is 140 g/mol. The molecule has 0 aliphatic rings. The van der Waals surface area contributed by atoms with Gasteiger partial charge in [-0.05, 0) is 18.9 Å². The largest absolute Gasteiger partial charge is 0.380 e. The lowest BCUT2D eigenvalue weighted by Gasteiger charge is -2.12. The lowest BCUT2D eigenvalue weighted by Crippen LogP contribution is -2.17. The molecule has 0 rings (SSSR count). The highest BCUT2D eigenvalue weighted by atomic mass is 16.5. The topological polar surface area (TPSA) is 61.3 Å². The van der Waals surface area contributed by atoms with Crippen LogP contribution < -0.4 is 11.5 Å². The van der Waals surface area contributed by atoms with Crippen LogP contribution in [0.25, 0.3) is 0 Å². The molecule has 0 radical (unpaired) electrons. The van der Waals surface area contributed by atoms with E-state index in [2.05, 4.69) is 6.92 Å². The van der Waals surface area contributed by atoms with Gasteiger partial charge in [-0.25, -0.2) is 0 Å². The zero-order chi connectivity index (χ0) is 8.53. The lowest BCUT2D eigenvalue weighted by molar-refractivity contribution is 0.102. The van der Waals surface area contributed by atoms with Crippen LogP contribution in [0.5, 0.6) is 0 Å². The molecule has 68 valence electrons. The molecule has 0 bridgehead atoms. The second-order valence-electron chi connectivity index (χ2n) is 2.72. The summed E-state index contributed by atoms with van der Waals surface area (Å²) in [5.74, 6) is 0.617. The van der Waals surface area contributed by atoms with E-state index in [0.717, 1.165) is 26.0 Å². The maximum absolute atomic E-state index is 5.43. The van der Waals surface area contributed by atoms with Crippen molar-refractivity contribution in [2.45, 2.75) is 19.8 Å². The summed E-state index contributed by atoms with van der Waals surface area (Å²) >= 11 is 0. The molecule has 3 nitrogen and oxygen atoms in total. The Balaban J connectivity index is 3.20. The third-order valence-corrected chi connectivity index (χ3v) is 1.77. The second kappa shape index (κ2) is 7.98. The Morgan fingerprint density at radius 2 is 2.00 bits per heavy atom. The first-order valence-corrected chi connectivity index (χ1v) is 4.33. The van der Waals surface area contributed by atoms with Gasteiger partial charge in [0.2, 0.25) is 0 Å². The fraction of sp³-hybridized carbons (Fsp3) is 1.00. The number of ether oxygens (including phenoxy) is 1. The number of rotatable bonds is 7. The van der Waals surface area contributed by atoms with Crippen LogP contribution in [0.4, 0.5) is 0 Å². The number of hydrogen-bond acceptors (Lipinski definition) is 3. The van der Waals surface area contributed by atoms with E-state index in [1.54, 1.807) is 0 Å². The van der Waals surface area contributed by atoms with Crippen molar-refractivity contribution in [1.82, 2.24) is 0 Å². The summed E-state index contributed by atoms with van der Waals surface area (Å²) < 4.78 is 5.31. The predicted octanol–water partition coefficient (Wildman–Crippen LogP) is 0.337. The second-order valence-corrected chi connectivity index (χ2v) is 2.72. The van der Waals surface area contributed by atoms with Crippen LogP contribution in [0.2, 0.25) is 0 Å². The van der Waals surface area contributed by atoms with Gasteiger partial charge in [0, 0.05) is 13.2 Å². The fourth-order valence-electron chi connectivity index (χ4n) is 0.974. The summed E-state index contributed by atoms with van der Waals surface area (Å²) in [6, 6.07) is 0. The molecule has 1 atom stereocenters. The van der Waals surface area contributed by atoms with Crippen molar-refractivity contribution in [3.05, 3.63) is 0 Å². The molecule has 4 N–H and O–H groups in total. The minimum atomic E-state index is 0.610. The Morgan fingerprint density at radius 3 is 2.45 bits per heavy atom. The summed E-state index contributed by atoms with van der Waals surface area (Å²) in [7, 11) is 0. The van der Waals surface area contributed by atoms with Gasteiger partial charge in [0.25, 0.3) is 0 Å². The molecule has 1 unspecified atom stereocenters. The number of hydrogen-bond donors (Lipinski definition) is 2. The Kier molecular flexibility index (Phi) is 7.89. The Bertz CT molecular complexity index is 78.5. The zero-order valence-electron chi connectivity index (χ0n) is 7.38. The number of nitrogens with two attached hydrogens (primary N) is 2. The highest BCUT2D eigenvalue weighted by Gasteiger charge is 2.03. The summed E-state index contributed by atoms with van der Waals surface area (Å²) in [6.07, 6.45) is 2.20. The molecule has 0 saturated heterocycles. The van der Waals surface area contributed by atoms with Crippen LogP contribution in [-0.2, 0) is 4.74 Å². The van der Waals surface area contributed by atoms with Gasteiger partial charge in [0.1, 0.15) is 0 Å². The van der Waals surface area contributed by atoms with Crippen molar-refractivity contribution in [2.24, 2.45) is 17.4 Å². The van der Waals surface area contributed by atoms with Crippen LogP contribution in [0.1, 0.15) is 19.8 Å². The first-order chi connectivity index (χ1) is 5.35. The van der Waals surface area contributed by atoms with Crippen molar-refractivity contribution in [3.63, 3.8) is 0 Å². The summed E-state index contributed by atoms with van der Waals surface area (Å²) in [5.41, 5.74) is 10.7. The van der Waals surface area contributed by atoms with E-state index in [-0.39, 0.29) is 0 Å². The van der Waals surface area contributed by atoms with Gasteiger partial charge in [-0.3, -0.25) is 0 Å². The summed E-state index contributed by atoms with van der Waals surface area (Å²) in [6.45, 7) is 5.00. The van der Waals surface area contributed by atoms with E-state index >= 15 is 0 Å². The molecule has 0 aromatic carbocycles. The van der Waals surface area contributed by atoms with Crippen LogP contribution >= 0.6 is 0 Å². The molecule has 0 aromatic rings. The summed E-state index contributed by atoms with van der Waals surface area (Å²) in [5, 5.41) is 0. The Morgan fingerprint density at radius 1 is 1.27 bits per heavy atom. The van der Waals surface area contributed by atoms with Crippen LogP contribution in [0, 0.1) is 5.92 Å². The first-order valence-electron chi connectivity index (χ1n) is 4.33. The van der Waals surface area contributed by atoms with Gasteiger partial charge in [0.05, 0.1) is 6.61 Å². The van der Waals surface area contributed by atoms with Gasteiger partial charge in [-0.15, -0.1) is 0 Å². The van der Waals surface area contributed by atoms with Crippen molar-refractivity contribution in [3.8, 4) is 0 Å². The molecule has 0 aliphatic heterocycles. The minimum absolute atomic E-state index is 0.610. The van der Waals surface area contributed by atoms with Gasteiger partial charge >= 0.3 is 0 Å². The van der Waals surface area contributed by atoms with E-state index in [4.69, 9.17) is 16.2 Å². The molecule has 0 amide bonds. The molecule has 0 fully saturated rings. The predicted molar refractivity (Wildman–Crippen MR) is 47.3 cm³/mol. The van der Waals surface area contributed by atoms with E-state index < -0.39 is 0 Å². The Hall–Kier alpha value is -0.120. The SMILES string of the molecule is CCC(CCN)COCCN. The zero-order valence-corrected chi connectivity index (χ0v) is 7.38. The van der Waals surface area contributed by atoms with Crippen LogP contribution in [-0.4, -0.2) is 26.3 Å². The van der Waals surface area contributed by atoms with Gasteiger partial charge < -0.3 is 16.2 Å². The van der Waals surface area contributed by atoms with Gasteiger partial charge in [-0.1, -0.05) is 13.3 Å². The molecular formula is C8H20N2O. The van der Waals surface area contributed by atoms with E-state index in [1.165, 1.54) is 0 Å². The maximum Gasteiger partial charge on any atom is 0.0588 e. The third-order valence-electron chi connectivity index (χ3n) is 1.77. The minimum Gasteiger partial charge on any atom is -0.380 e. The Labute approximate surface area is 69.1 Å². The fourth-order valence-corrected chi connectivity index (χ4v) is 0.974. The average Bonchev–Trinajstić information content (AvgIpc) is 2.03. The van der Waals surface area contributed by atoms with Gasteiger partial charge in [0.15, 0.2) is 0 Å². The monoisotopic (exact) mass is 160 g/mol. The van der Waals surface area contributed by atoms with Crippen LogP contribution in [0.3, 0.4) is 0 Å². The summed E-state index contributed by atoms with van der Waals surface area (Å²) in [4.78, 5) is 0.